The van der Waals surface area contributed by atoms with E-state index in [0.717, 1.165) is 0 Å². The number of Topliss-reactive ketones (excluding diaryl/α,β-unsaturated/α-hetero) is 1. The minimum Gasteiger partial charge on any atom is -0.504 e. The average Bonchev–Trinajstić information content (AvgIpc) is 2.75. The molecule has 0 spiro atoms. The molecule has 1 saturated heterocycles. The van der Waals surface area contributed by atoms with Crippen molar-refractivity contribution in [2.75, 3.05) is 6.61 Å². The fourth-order valence-electron chi connectivity index (χ4n) is 3.60. The van der Waals surface area contributed by atoms with Gasteiger partial charge in [-0.2, -0.15) is 0 Å². The molecule has 0 radical (unpaired) electrons. The second kappa shape index (κ2) is 8.33. The number of ketones is 1. The van der Waals surface area contributed by atoms with Crippen LogP contribution in [0.15, 0.2) is 36.4 Å². The molecule has 0 aliphatic carbocycles. The third-order valence-electron chi connectivity index (χ3n) is 5.37. The predicted molar refractivity (Wildman–Crippen MR) is 103 cm³/mol. The third kappa shape index (κ3) is 4.03. The van der Waals surface area contributed by atoms with Crippen molar-refractivity contribution >= 4 is 5.78 Å². The normalized spacial score (nSPS) is 30.4. The van der Waals surface area contributed by atoms with Gasteiger partial charge in [-0.1, -0.05) is 6.07 Å². The van der Waals surface area contributed by atoms with Crippen molar-refractivity contribution < 1.29 is 49.6 Å². The quantitative estimate of drug-likeness (QED) is 0.360. The molecule has 2 aliphatic rings. The number of ether oxygens (including phenoxy) is 3. The molecule has 1 fully saturated rings. The zero-order chi connectivity index (χ0) is 22.3. The Bertz CT molecular complexity index is 975. The molecule has 0 saturated carbocycles. The number of hydrogen-bond acceptors (Lipinski definition) is 10. The standard InChI is InChI=1S/C21H22O10/c22-8-17-18(26)19(27)20(28)21(31-17)29-10-2-3-11-13(24)7-15(30-16(11)6-10)9-1-4-12(23)14(25)5-9/h1-6,15,17-23,25-28H,7-8H2/t15?,17-,18-,19+,20-,21-/m1/s1. The van der Waals surface area contributed by atoms with Crippen LogP contribution in [0.5, 0.6) is 23.0 Å². The molecule has 0 bridgehead atoms. The van der Waals surface area contributed by atoms with Gasteiger partial charge in [0.25, 0.3) is 0 Å². The maximum Gasteiger partial charge on any atom is 0.229 e. The highest BCUT2D eigenvalue weighted by molar-refractivity contribution is 6.00. The van der Waals surface area contributed by atoms with Crippen LogP contribution in [0, 0.1) is 0 Å². The summed E-state index contributed by atoms with van der Waals surface area (Å²) in [5.74, 6) is -0.459. The molecule has 2 heterocycles. The number of fused-ring (bicyclic) bond motifs is 1. The molecule has 4 rings (SSSR count). The summed E-state index contributed by atoms with van der Waals surface area (Å²) < 4.78 is 16.8. The van der Waals surface area contributed by atoms with Gasteiger partial charge in [-0.25, -0.2) is 0 Å². The van der Waals surface area contributed by atoms with Gasteiger partial charge in [0.1, 0.15) is 42.0 Å². The number of carbonyl (C=O) groups excluding carboxylic acids is 1. The summed E-state index contributed by atoms with van der Waals surface area (Å²) in [6.07, 6.45) is -7.84. The Morgan fingerprint density at radius 2 is 1.74 bits per heavy atom. The molecule has 2 aromatic rings. The lowest BCUT2D eigenvalue weighted by atomic mass is 9.96. The van der Waals surface area contributed by atoms with Crippen LogP contribution in [0.25, 0.3) is 0 Å². The number of aliphatic hydroxyl groups excluding tert-OH is 4. The molecular formula is C21H22O10. The van der Waals surface area contributed by atoms with Gasteiger partial charge in [-0.05, 0) is 29.8 Å². The molecule has 0 amide bonds. The Hall–Kier alpha value is -2.89. The smallest absolute Gasteiger partial charge is 0.229 e. The minimum atomic E-state index is -1.59. The van der Waals surface area contributed by atoms with Gasteiger partial charge in [0.05, 0.1) is 18.6 Å². The monoisotopic (exact) mass is 434 g/mol. The lowest BCUT2D eigenvalue weighted by Crippen LogP contribution is -2.60. The van der Waals surface area contributed by atoms with E-state index >= 15 is 0 Å². The maximum absolute atomic E-state index is 12.5. The number of carbonyl (C=O) groups is 1. The summed E-state index contributed by atoms with van der Waals surface area (Å²) in [4.78, 5) is 12.5. The first-order valence-corrected chi connectivity index (χ1v) is 9.61. The summed E-state index contributed by atoms with van der Waals surface area (Å²) in [5.41, 5.74) is 0.815. The maximum atomic E-state index is 12.5. The largest absolute Gasteiger partial charge is 0.504 e. The van der Waals surface area contributed by atoms with Crippen molar-refractivity contribution in [1.82, 2.24) is 0 Å². The van der Waals surface area contributed by atoms with E-state index in [1.54, 1.807) is 0 Å². The Morgan fingerprint density at radius 3 is 2.45 bits per heavy atom. The SMILES string of the molecule is O=C1CC(c2ccc(O)c(O)c2)Oc2cc(O[C@@H]3O[C@H](CO)[C@@H](O)[C@H](O)[C@H]3O)ccc21. The number of hydrogen-bond donors (Lipinski definition) is 6. The zero-order valence-electron chi connectivity index (χ0n) is 16.2. The zero-order valence-corrected chi connectivity index (χ0v) is 16.2. The van der Waals surface area contributed by atoms with E-state index in [4.69, 9.17) is 14.2 Å². The summed E-state index contributed by atoms with van der Waals surface area (Å²) in [7, 11) is 0. The van der Waals surface area contributed by atoms with Gasteiger partial charge in [-0.15, -0.1) is 0 Å². The lowest BCUT2D eigenvalue weighted by molar-refractivity contribution is -0.277. The van der Waals surface area contributed by atoms with E-state index in [1.165, 1.54) is 36.4 Å². The summed E-state index contributed by atoms with van der Waals surface area (Å²) in [6.45, 7) is -0.590. The Balaban J connectivity index is 1.55. The third-order valence-corrected chi connectivity index (χ3v) is 5.37. The highest BCUT2D eigenvalue weighted by Gasteiger charge is 2.44. The van der Waals surface area contributed by atoms with E-state index in [-0.39, 0.29) is 35.2 Å². The van der Waals surface area contributed by atoms with Gasteiger partial charge in [0.15, 0.2) is 17.3 Å². The predicted octanol–water partition coefficient (Wildman–Crippen LogP) is -0.0170. The Kier molecular flexibility index (Phi) is 5.73. The molecule has 10 heteroatoms. The van der Waals surface area contributed by atoms with Crippen LogP contribution < -0.4 is 9.47 Å². The van der Waals surface area contributed by atoms with E-state index in [1.807, 2.05) is 0 Å². The Morgan fingerprint density at radius 1 is 0.968 bits per heavy atom. The molecule has 2 aliphatic heterocycles. The summed E-state index contributed by atoms with van der Waals surface area (Å²) >= 11 is 0. The number of phenolic OH excluding ortho intramolecular Hbond substituents is 2. The van der Waals surface area contributed by atoms with Gasteiger partial charge in [0, 0.05) is 6.07 Å². The molecule has 31 heavy (non-hydrogen) atoms. The van der Waals surface area contributed by atoms with Crippen LogP contribution in [-0.2, 0) is 4.74 Å². The molecule has 10 nitrogen and oxygen atoms in total. The summed E-state index contributed by atoms with van der Waals surface area (Å²) in [5, 5.41) is 58.4. The topological polar surface area (TPSA) is 166 Å². The highest BCUT2D eigenvalue weighted by Crippen LogP contribution is 2.39. The number of benzene rings is 2. The second-order valence-electron chi connectivity index (χ2n) is 7.46. The molecule has 1 unspecified atom stereocenters. The molecule has 6 N–H and O–H groups in total. The van der Waals surface area contributed by atoms with Gasteiger partial charge in [-0.3, -0.25) is 4.79 Å². The van der Waals surface area contributed by atoms with E-state index < -0.39 is 43.4 Å². The van der Waals surface area contributed by atoms with Crippen molar-refractivity contribution in [3.63, 3.8) is 0 Å². The highest BCUT2D eigenvalue weighted by atomic mass is 16.7. The van der Waals surface area contributed by atoms with Crippen LogP contribution in [0.3, 0.4) is 0 Å². The van der Waals surface area contributed by atoms with E-state index in [0.29, 0.717) is 11.1 Å². The average molecular weight is 434 g/mol. The van der Waals surface area contributed by atoms with Crippen LogP contribution in [-0.4, -0.2) is 73.7 Å². The van der Waals surface area contributed by atoms with Gasteiger partial charge < -0.3 is 44.8 Å². The van der Waals surface area contributed by atoms with E-state index in [9.17, 15) is 35.4 Å². The van der Waals surface area contributed by atoms with Gasteiger partial charge in [0.2, 0.25) is 6.29 Å². The number of aromatic hydroxyl groups is 2. The van der Waals surface area contributed by atoms with Crippen molar-refractivity contribution in [2.24, 2.45) is 0 Å². The van der Waals surface area contributed by atoms with Crippen molar-refractivity contribution in [1.29, 1.82) is 0 Å². The molecule has 6 atom stereocenters. The number of rotatable bonds is 4. The van der Waals surface area contributed by atoms with Crippen LogP contribution in [0.4, 0.5) is 0 Å². The van der Waals surface area contributed by atoms with Crippen molar-refractivity contribution in [3.8, 4) is 23.0 Å². The van der Waals surface area contributed by atoms with Gasteiger partial charge >= 0.3 is 0 Å². The minimum absolute atomic E-state index is 0.0319. The fraction of sp³-hybridized carbons (Fsp3) is 0.381. The van der Waals surface area contributed by atoms with Crippen molar-refractivity contribution in [3.05, 3.63) is 47.5 Å². The van der Waals surface area contributed by atoms with E-state index in [2.05, 4.69) is 0 Å². The number of aliphatic hydroxyl groups is 4. The first kappa shape index (κ1) is 21.3. The lowest BCUT2D eigenvalue weighted by Gasteiger charge is -2.39. The Labute approximate surface area is 176 Å². The first-order chi connectivity index (χ1) is 14.8. The van der Waals surface area contributed by atoms with Crippen LogP contribution >= 0.6 is 0 Å². The summed E-state index contributed by atoms with van der Waals surface area (Å²) in [6, 6.07) is 8.52. The number of phenols is 2. The molecule has 0 aromatic heterocycles. The van der Waals surface area contributed by atoms with Crippen molar-refractivity contribution in [2.45, 2.75) is 43.2 Å². The molecule has 166 valence electrons. The first-order valence-electron chi connectivity index (χ1n) is 9.61. The van der Waals surface area contributed by atoms with Crippen LogP contribution in [0.2, 0.25) is 0 Å². The fourth-order valence-corrected chi connectivity index (χ4v) is 3.60. The second-order valence-corrected chi connectivity index (χ2v) is 7.46. The molecular weight excluding hydrogens is 412 g/mol. The molecule has 2 aromatic carbocycles. The van der Waals surface area contributed by atoms with Crippen LogP contribution in [0.1, 0.15) is 28.4 Å².